The van der Waals surface area contributed by atoms with Crippen molar-refractivity contribution in [3.05, 3.63) is 0 Å². The summed E-state index contributed by atoms with van der Waals surface area (Å²) in [5.74, 6) is 0.819. The average Bonchev–Trinajstić information content (AvgIpc) is 2.83. The summed E-state index contributed by atoms with van der Waals surface area (Å²) in [7, 11) is -3.19. The van der Waals surface area contributed by atoms with Crippen LogP contribution in [0, 0.1) is 17.8 Å². The highest BCUT2D eigenvalue weighted by atomic mass is 32.2. The summed E-state index contributed by atoms with van der Waals surface area (Å²) < 4.78 is 24.0. The van der Waals surface area contributed by atoms with Crippen LogP contribution in [0.25, 0.3) is 0 Å². The number of fused-ring (bicyclic) bond motifs is 2. The molecule has 4 N–H and O–H groups in total. The van der Waals surface area contributed by atoms with Gasteiger partial charge in [-0.1, -0.05) is 0 Å². The van der Waals surface area contributed by atoms with E-state index in [-0.39, 0.29) is 24.4 Å². The largest absolute Gasteiger partial charge is 0.354 e. The molecule has 0 heterocycles. The lowest BCUT2D eigenvalue weighted by Crippen LogP contribution is -2.46. The third-order valence-corrected chi connectivity index (χ3v) is 4.80. The van der Waals surface area contributed by atoms with Gasteiger partial charge in [-0.3, -0.25) is 4.79 Å². The molecule has 4 atom stereocenters. The van der Waals surface area contributed by atoms with Gasteiger partial charge in [0.05, 0.1) is 12.2 Å². The Kier molecular flexibility index (Phi) is 3.93. The fourth-order valence-corrected chi connectivity index (χ4v) is 3.74. The second kappa shape index (κ2) is 5.14. The molecule has 18 heavy (non-hydrogen) atoms. The van der Waals surface area contributed by atoms with Crippen molar-refractivity contribution in [2.75, 3.05) is 19.3 Å². The van der Waals surface area contributed by atoms with Crippen LogP contribution in [0.5, 0.6) is 0 Å². The van der Waals surface area contributed by atoms with Crippen molar-refractivity contribution in [2.24, 2.45) is 23.5 Å². The molecule has 2 aliphatic carbocycles. The first-order chi connectivity index (χ1) is 8.38. The molecular weight excluding hydrogens is 254 g/mol. The molecule has 7 heteroatoms. The minimum atomic E-state index is -3.19. The van der Waals surface area contributed by atoms with Crippen molar-refractivity contribution in [1.82, 2.24) is 10.0 Å². The van der Waals surface area contributed by atoms with Gasteiger partial charge in [-0.2, -0.15) is 0 Å². The van der Waals surface area contributed by atoms with E-state index >= 15 is 0 Å². The Hall–Kier alpha value is -0.660. The van der Waals surface area contributed by atoms with Crippen LogP contribution in [0.2, 0.25) is 0 Å². The molecule has 2 saturated carbocycles. The van der Waals surface area contributed by atoms with E-state index < -0.39 is 10.0 Å². The van der Waals surface area contributed by atoms with Crippen molar-refractivity contribution < 1.29 is 13.2 Å². The van der Waals surface area contributed by atoms with E-state index in [2.05, 4.69) is 10.0 Å². The fourth-order valence-electron chi connectivity index (χ4n) is 3.26. The molecule has 0 aromatic carbocycles. The van der Waals surface area contributed by atoms with Gasteiger partial charge in [0.1, 0.15) is 0 Å². The maximum absolute atomic E-state index is 12.0. The lowest BCUT2D eigenvalue weighted by Gasteiger charge is -2.26. The van der Waals surface area contributed by atoms with Gasteiger partial charge in [0, 0.05) is 19.1 Å². The molecule has 2 bridgehead atoms. The maximum atomic E-state index is 12.0. The van der Waals surface area contributed by atoms with E-state index in [0.29, 0.717) is 18.4 Å². The van der Waals surface area contributed by atoms with Crippen LogP contribution >= 0.6 is 0 Å². The second-order valence-electron chi connectivity index (χ2n) is 5.39. The number of hydrogen-bond donors (Lipinski definition) is 3. The molecule has 1 amide bonds. The molecule has 104 valence electrons. The molecule has 0 radical (unpaired) electrons. The topological polar surface area (TPSA) is 101 Å². The minimum absolute atomic E-state index is 0.0217. The Morgan fingerprint density at radius 2 is 1.94 bits per heavy atom. The van der Waals surface area contributed by atoms with Crippen LogP contribution in [0.3, 0.4) is 0 Å². The summed E-state index contributed by atoms with van der Waals surface area (Å²) in [5.41, 5.74) is 6.07. The third kappa shape index (κ3) is 3.02. The van der Waals surface area contributed by atoms with Crippen molar-refractivity contribution in [3.63, 3.8) is 0 Å². The van der Waals surface area contributed by atoms with Crippen molar-refractivity contribution in [2.45, 2.75) is 25.3 Å². The van der Waals surface area contributed by atoms with E-state index in [0.717, 1.165) is 25.5 Å². The molecule has 0 aliphatic heterocycles. The van der Waals surface area contributed by atoms with Crippen LogP contribution in [-0.4, -0.2) is 39.7 Å². The van der Waals surface area contributed by atoms with E-state index in [9.17, 15) is 13.2 Å². The zero-order chi connectivity index (χ0) is 13.3. The van der Waals surface area contributed by atoms with Gasteiger partial charge >= 0.3 is 0 Å². The monoisotopic (exact) mass is 275 g/mol. The quantitative estimate of drug-likeness (QED) is 0.562. The minimum Gasteiger partial charge on any atom is -0.354 e. The number of hydrogen-bond acceptors (Lipinski definition) is 4. The zero-order valence-electron chi connectivity index (χ0n) is 10.6. The predicted molar refractivity (Wildman–Crippen MR) is 68.2 cm³/mol. The Morgan fingerprint density at radius 3 is 2.50 bits per heavy atom. The van der Waals surface area contributed by atoms with Crippen LogP contribution in [0.1, 0.15) is 19.3 Å². The Balaban J connectivity index is 1.75. The van der Waals surface area contributed by atoms with Crippen LogP contribution < -0.4 is 15.8 Å². The Morgan fingerprint density at radius 1 is 1.28 bits per heavy atom. The number of carbonyl (C=O) groups excluding carboxylic acids is 1. The summed E-state index contributed by atoms with van der Waals surface area (Å²) in [6.07, 6.45) is 4.41. The van der Waals surface area contributed by atoms with E-state index in [1.165, 1.54) is 0 Å². The summed E-state index contributed by atoms with van der Waals surface area (Å²) in [5, 5.41) is 2.77. The molecule has 0 aromatic rings. The van der Waals surface area contributed by atoms with Gasteiger partial charge in [-0.15, -0.1) is 0 Å². The lowest BCUT2D eigenvalue weighted by molar-refractivity contribution is -0.126. The zero-order valence-corrected chi connectivity index (χ0v) is 11.4. The number of amides is 1. The SMILES string of the molecule is CS(=O)(=O)NCCNC(=O)C1C2CCC(C2)C1N. The number of rotatable bonds is 5. The van der Waals surface area contributed by atoms with Crippen molar-refractivity contribution >= 4 is 15.9 Å². The van der Waals surface area contributed by atoms with Gasteiger partial charge in [-0.05, 0) is 31.1 Å². The third-order valence-electron chi connectivity index (χ3n) is 4.07. The molecule has 0 aromatic heterocycles. The number of carbonyl (C=O) groups is 1. The van der Waals surface area contributed by atoms with Gasteiger partial charge in [-0.25, -0.2) is 13.1 Å². The van der Waals surface area contributed by atoms with Crippen LogP contribution in [0.4, 0.5) is 0 Å². The van der Waals surface area contributed by atoms with Crippen molar-refractivity contribution in [3.8, 4) is 0 Å². The van der Waals surface area contributed by atoms with Gasteiger partial charge in [0.25, 0.3) is 0 Å². The molecule has 4 unspecified atom stereocenters. The summed E-state index contributed by atoms with van der Waals surface area (Å²) in [4.78, 5) is 12.0. The smallest absolute Gasteiger partial charge is 0.225 e. The normalized spacial score (nSPS) is 34.8. The highest BCUT2D eigenvalue weighted by Crippen LogP contribution is 2.47. The van der Waals surface area contributed by atoms with Crippen LogP contribution in [-0.2, 0) is 14.8 Å². The van der Waals surface area contributed by atoms with Gasteiger partial charge in [0.2, 0.25) is 15.9 Å². The first kappa shape index (κ1) is 13.8. The summed E-state index contributed by atoms with van der Waals surface area (Å²) in [6.45, 7) is 0.535. The number of nitrogens with two attached hydrogens (primary N) is 1. The highest BCUT2D eigenvalue weighted by molar-refractivity contribution is 7.88. The molecule has 0 spiro atoms. The molecule has 2 fully saturated rings. The van der Waals surface area contributed by atoms with Gasteiger partial charge in [0.15, 0.2) is 0 Å². The predicted octanol–water partition coefficient (Wildman–Crippen LogP) is -0.975. The highest BCUT2D eigenvalue weighted by Gasteiger charge is 2.48. The van der Waals surface area contributed by atoms with E-state index in [1.54, 1.807) is 0 Å². The molecule has 2 rings (SSSR count). The van der Waals surface area contributed by atoms with Gasteiger partial charge < -0.3 is 11.1 Å². The molecular formula is C11H21N3O3S. The van der Waals surface area contributed by atoms with Crippen molar-refractivity contribution in [1.29, 1.82) is 0 Å². The Bertz CT molecular complexity index is 421. The first-order valence-corrected chi connectivity index (χ1v) is 8.25. The second-order valence-corrected chi connectivity index (χ2v) is 7.23. The van der Waals surface area contributed by atoms with E-state index in [4.69, 9.17) is 5.73 Å². The summed E-state index contributed by atoms with van der Waals surface area (Å²) in [6, 6.07) is -0.0217. The lowest BCUT2D eigenvalue weighted by atomic mass is 9.84. The molecule has 6 nitrogen and oxygen atoms in total. The standard InChI is InChI=1S/C11H21N3O3S/c1-18(16,17)14-5-4-13-11(15)9-7-2-3-8(6-7)10(9)12/h7-10,14H,2-6,12H2,1H3,(H,13,15). The first-order valence-electron chi connectivity index (χ1n) is 6.36. The maximum Gasteiger partial charge on any atom is 0.225 e. The number of sulfonamides is 1. The van der Waals surface area contributed by atoms with Crippen LogP contribution in [0.15, 0.2) is 0 Å². The molecule has 0 saturated heterocycles. The Labute approximate surface area is 108 Å². The number of nitrogens with one attached hydrogen (secondary N) is 2. The molecule has 2 aliphatic rings. The average molecular weight is 275 g/mol. The van der Waals surface area contributed by atoms with E-state index in [1.807, 2.05) is 0 Å². The fraction of sp³-hybridized carbons (Fsp3) is 0.909. The summed E-state index contributed by atoms with van der Waals surface area (Å²) >= 11 is 0.